The number of carbonyl (C=O) groups is 2. The van der Waals surface area contributed by atoms with Crippen LogP contribution in [0.25, 0.3) is 0 Å². The van der Waals surface area contributed by atoms with E-state index in [1.807, 2.05) is 60.7 Å². The number of benzene rings is 6. The maximum atomic E-state index is 14.9. The van der Waals surface area contributed by atoms with Crippen LogP contribution in [0.3, 0.4) is 0 Å². The summed E-state index contributed by atoms with van der Waals surface area (Å²) < 4.78 is 21.7. The summed E-state index contributed by atoms with van der Waals surface area (Å²) in [4.78, 5) is 29.8. The van der Waals surface area contributed by atoms with Crippen LogP contribution in [0.15, 0.2) is 158 Å². The molecule has 1 saturated carbocycles. The topological polar surface area (TPSA) is 136 Å². The van der Waals surface area contributed by atoms with Crippen molar-refractivity contribution in [2.75, 3.05) is 28.4 Å². The molecule has 0 spiro atoms. The van der Waals surface area contributed by atoms with Crippen LogP contribution in [0.1, 0.15) is 58.3 Å². The zero-order valence-corrected chi connectivity index (χ0v) is 33.4. The van der Waals surface area contributed by atoms with E-state index in [0.29, 0.717) is 56.4 Å². The third-order valence-corrected chi connectivity index (χ3v) is 11.4. The highest BCUT2D eigenvalue weighted by molar-refractivity contribution is 6.08. The van der Waals surface area contributed by atoms with Crippen LogP contribution < -0.4 is 29.6 Å². The molecule has 10 nitrogen and oxygen atoms in total. The summed E-state index contributed by atoms with van der Waals surface area (Å²) in [6, 6.07) is 44.3. The van der Waals surface area contributed by atoms with Crippen LogP contribution >= 0.6 is 0 Å². The van der Waals surface area contributed by atoms with E-state index < -0.39 is 40.5 Å². The van der Waals surface area contributed by atoms with Crippen LogP contribution in [0.4, 0.5) is 0 Å². The lowest BCUT2D eigenvalue weighted by molar-refractivity contribution is -0.140. The van der Waals surface area contributed by atoms with Gasteiger partial charge in [0.1, 0.15) is 39.6 Å². The molecule has 7 rings (SSSR count). The van der Waals surface area contributed by atoms with E-state index in [9.17, 15) is 19.8 Å². The highest BCUT2D eigenvalue weighted by atomic mass is 16.5. The first kappa shape index (κ1) is 40.6. The average molecular weight is 793 g/mol. The van der Waals surface area contributed by atoms with Gasteiger partial charge in [0.15, 0.2) is 0 Å². The zero-order chi connectivity index (χ0) is 41.6. The molecule has 4 N–H and O–H groups in total. The Hall–Kier alpha value is -6.62. The minimum Gasteiger partial charge on any atom is -0.497 e. The molecule has 0 bridgehead atoms. The van der Waals surface area contributed by atoms with Crippen LogP contribution in [0.5, 0.6) is 23.0 Å². The molecule has 0 aromatic heterocycles. The second kappa shape index (κ2) is 17.1. The fourth-order valence-corrected chi connectivity index (χ4v) is 7.75. The number of methoxy groups -OCH3 is 4. The molecule has 10 heteroatoms. The van der Waals surface area contributed by atoms with Crippen molar-refractivity contribution in [1.82, 2.24) is 10.6 Å². The van der Waals surface area contributed by atoms with Gasteiger partial charge in [-0.05, 0) is 94.8 Å². The third kappa shape index (κ3) is 7.84. The predicted octanol–water partition coefficient (Wildman–Crippen LogP) is 7.39. The van der Waals surface area contributed by atoms with Crippen molar-refractivity contribution in [3.8, 4) is 23.0 Å². The number of ether oxygens (including phenoxy) is 4. The quantitative estimate of drug-likeness (QED) is 0.0746. The second-order valence-corrected chi connectivity index (χ2v) is 14.7. The lowest BCUT2D eigenvalue weighted by atomic mass is 9.76. The average Bonchev–Trinajstić information content (AvgIpc) is 4.13. The van der Waals surface area contributed by atoms with E-state index in [0.717, 1.165) is 0 Å². The number of rotatable bonds is 16. The fraction of sp³-hybridized carbons (Fsp3) is 0.224. The smallest absolute Gasteiger partial charge is 0.236 e. The van der Waals surface area contributed by atoms with Gasteiger partial charge in [-0.2, -0.15) is 0 Å². The Bertz CT molecular complexity index is 2070. The van der Waals surface area contributed by atoms with Gasteiger partial charge >= 0.3 is 0 Å². The summed E-state index contributed by atoms with van der Waals surface area (Å²) in [6.45, 7) is 0. The first-order valence-corrected chi connectivity index (χ1v) is 19.4. The summed E-state index contributed by atoms with van der Waals surface area (Å²) in [6.07, 6.45) is 0.501. The Morgan fingerprint density at radius 1 is 0.458 bits per heavy atom. The monoisotopic (exact) mass is 792 g/mol. The highest BCUT2D eigenvalue weighted by Gasteiger charge is 2.59. The summed E-state index contributed by atoms with van der Waals surface area (Å²) in [7, 11) is 6.26. The molecule has 1 aliphatic rings. The Labute approximate surface area is 344 Å². The van der Waals surface area contributed by atoms with E-state index in [-0.39, 0.29) is 12.8 Å². The van der Waals surface area contributed by atoms with Gasteiger partial charge in [-0.3, -0.25) is 9.59 Å². The van der Waals surface area contributed by atoms with Gasteiger partial charge in [-0.1, -0.05) is 109 Å². The largest absolute Gasteiger partial charge is 0.497 e. The number of aliphatic hydroxyl groups is 2. The zero-order valence-electron chi connectivity index (χ0n) is 33.4. The molecule has 0 heterocycles. The normalized spacial score (nSPS) is 14.3. The minimum atomic E-state index is -1.84. The van der Waals surface area contributed by atoms with E-state index in [1.54, 1.807) is 126 Å². The van der Waals surface area contributed by atoms with Crippen molar-refractivity contribution in [2.45, 2.75) is 36.1 Å². The van der Waals surface area contributed by atoms with Crippen molar-refractivity contribution in [3.05, 3.63) is 191 Å². The molecule has 2 amide bonds. The number of hydrogen-bond acceptors (Lipinski definition) is 8. The van der Waals surface area contributed by atoms with Crippen LogP contribution in [0, 0.1) is 5.41 Å². The van der Waals surface area contributed by atoms with Crippen molar-refractivity contribution in [1.29, 1.82) is 0 Å². The molecule has 302 valence electrons. The number of nitrogens with one attached hydrogen (secondary N) is 2. The summed E-state index contributed by atoms with van der Waals surface area (Å²) >= 11 is 0. The number of hydrogen-bond donors (Lipinski definition) is 4. The molecule has 0 saturated heterocycles. The lowest BCUT2D eigenvalue weighted by Gasteiger charge is -2.40. The van der Waals surface area contributed by atoms with E-state index in [4.69, 9.17) is 18.9 Å². The van der Waals surface area contributed by atoms with Crippen molar-refractivity contribution < 1.29 is 38.7 Å². The molecule has 0 unspecified atom stereocenters. The summed E-state index contributed by atoms with van der Waals surface area (Å²) in [5.74, 6) is 1.25. The Balaban J connectivity index is 1.30. The molecule has 59 heavy (non-hydrogen) atoms. The van der Waals surface area contributed by atoms with Gasteiger partial charge in [0.25, 0.3) is 0 Å². The molecular weight excluding hydrogens is 745 g/mol. The molecule has 6 aromatic carbocycles. The van der Waals surface area contributed by atoms with E-state index in [2.05, 4.69) is 10.6 Å². The molecule has 1 fully saturated rings. The molecule has 1 aliphatic carbocycles. The maximum absolute atomic E-state index is 14.9. The Morgan fingerprint density at radius 2 is 0.712 bits per heavy atom. The number of amides is 2. The molecule has 6 aromatic rings. The molecule has 0 radical (unpaired) electrons. The van der Waals surface area contributed by atoms with Gasteiger partial charge in [-0.25, -0.2) is 0 Å². The lowest BCUT2D eigenvalue weighted by Crippen LogP contribution is -2.52. The van der Waals surface area contributed by atoms with E-state index in [1.165, 1.54) is 0 Å². The van der Waals surface area contributed by atoms with Crippen molar-refractivity contribution in [3.63, 3.8) is 0 Å². The van der Waals surface area contributed by atoms with Gasteiger partial charge in [-0.15, -0.1) is 0 Å². The van der Waals surface area contributed by atoms with E-state index >= 15 is 0 Å². The van der Waals surface area contributed by atoms with Crippen LogP contribution in [0.2, 0.25) is 0 Å². The SMILES string of the molecule is COc1ccc(C(O)(c2ccc(OC)cc2)[C@H](NC(=O)C2(C(=O)N[C@H](c3ccccc3)C(O)(c3ccc(OC)cc3)c3ccc(OC)cc3)CC2)c2ccccc2)cc1. The Morgan fingerprint density at radius 3 is 0.932 bits per heavy atom. The van der Waals surface area contributed by atoms with Gasteiger partial charge in [0, 0.05) is 0 Å². The Kier molecular flexibility index (Phi) is 11.7. The standard InChI is InChI=1S/C49H48N2O8/c1-56-39-23-15-35(16-24-39)48(54,36-17-25-40(57-2)26-18-36)43(33-11-7-5-8-12-33)50-45(52)47(31-32-47)46(53)51-44(34-13-9-6-10-14-34)49(55,37-19-27-41(58-3)28-20-37)38-21-29-42(59-4)30-22-38/h5-30,43-44,54-55H,31-32H2,1-4H3,(H,50,52)(H,51,53)/t43-,44-/m1/s1. The van der Waals surface area contributed by atoms with Crippen LogP contribution in [-0.2, 0) is 20.8 Å². The fourth-order valence-electron chi connectivity index (χ4n) is 7.75. The predicted molar refractivity (Wildman–Crippen MR) is 224 cm³/mol. The van der Waals surface area contributed by atoms with Gasteiger partial charge in [0.05, 0.1) is 40.5 Å². The van der Waals surface area contributed by atoms with Gasteiger partial charge in [0.2, 0.25) is 11.8 Å². The van der Waals surface area contributed by atoms with Crippen molar-refractivity contribution in [2.24, 2.45) is 5.41 Å². The summed E-state index contributed by atoms with van der Waals surface area (Å²) in [5, 5.41) is 32.6. The second-order valence-electron chi connectivity index (χ2n) is 14.7. The third-order valence-electron chi connectivity index (χ3n) is 11.4. The summed E-state index contributed by atoms with van der Waals surface area (Å²) in [5.41, 5.74) is -2.01. The van der Waals surface area contributed by atoms with Crippen LogP contribution in [-0.4, -0.2) is 50.5 Å². The first-order valence-electron chi connectivity index (χ1n) is 19.4. The minimum absolute atomic E-state index is 0.251. The number of carbonyl (C=O) groups excluding carboxylic acids is 2. The maximum Gasteiger partial charge on any atom is 0.236 e. The van der Waals surface area contributed by atoms with Crippen molar-refractivity contribution >= 4 is 11.8 Å². The molecule has 0 aliphatic heterocycles. The molecular formula is C49H48N2O8. The highest BCUT2D eigenvalue weighted by Crippen LogP contribution is 2.50. The first-order chi connectivity index (χ1) is 28.6. The molecule has 2 atom stereocenters. The van der Waals surface area contributed by atoms with Gasteiger partial charge < -0.3 is 39.8 Å².